The van der Waals surface area contributed by atoms with Gasteiger partial charge in [-0.2, -0.15) is 0 Å². The fourth-order valence-corrected chi connectivity index (χ4v) is 3.36. The Kier molecular flexibility index (Phi) is 5.99. The van der Waals surface area contributed by atoms with Crippen molar-refractivity contribution in [3.63, 3.8) is 0 Å². The maximum atomic E-state index is 13.9. The zero-order chi connectivity index (χ0) is 20.3. The fraction of sp³-hybridized carbons (Fsp3) is 0.200. The average molecular weight is 449 g/mol. The molecule has 2 aromatic carbocycles. The van der Waals surface area contributed by atoms with Crippen LogP contribution in [-0.4, -0.2) is 30.6 Å². The standard InChI is InChI=1S/C20H18BrFN2O4/c1-3-28-18-14(21)8-12(10-17(18)27-2)9-16-19(25)24(20(26)23-16)11-13-6-4-5-7-15(13)22/h4-10H,3,11H2,1-2H3,(H,23,26)/b16-9-. The lowest BCUT2D eigenvalue weighted by Crippen LogP contribution is -2.30. The van der Waals surface area contributed by atoms with Gasteiger partial charge in [0.1, 0.15) is 11.5 Å². The van der Waals surface area contributed by atoms with Gasteiger partial charge in [0.25, 0.3) is 5.91 Å². The summed E-state index contributed by atoms with van der Waals surface area (Å²) in [5, 5.41) is 2.53. The van der Waals surface area contributed by atoms with Crippen LogP contribution >= 0.6 is 15.9 Å². The number of hydrogen-bond acceptors (Lipinski definition) is 4. The van der Waals surface area contributed by atoms with Crippen molar-refractivity contribution in [2.45, 2.75) is 13.5 Å². The van der Waals surface area contributed by atoms with Crippen molar-refractivity contribution >= 4 is 33.9 Å². The van der Waals surface area contributed by atoms with Crippen molar-refractivity contribution in [2.24, 2.45) is 0 Å². The average Bonchev–Trinajstić information content (AvgIpc) is 2.92. The second-order valence-corrected chi connectivity index (χ2v) is 6.79. The van der Waals surface area contributed by atoms with Crippen molar-refractivity contribution < 1.29 is 23.5 Å². The first kappa shape index (κ1) is 19.9. The molecule has 6 nitrogen and oxygen atoms in total. The Bertz CT molecular complexity index is 961. The number of urea groups is 1. The third kappa shape index (κ3) is 4.01. The SMILES string of the molecule is CCOc1c(Br)cc(/C=C2\NC(=O)N(Cc3ccccc3F)C2=O)cc1OC. The smallest absolute Gasteiger partial charge is 0.329 e. The van der Waals surface area contributed by atoms with Gasteiger partial charge in [0.15, 0.2) is 11.5 Å². The van der Waals surface area contributed by atoms with Crippen molar-refractivity contribution in [3.05, 3.63) is 63.5 Å². The van der Waals surface area contributed by atoms with E-state index in [1.807, 2.05) is 6.92 Å². The van der Waals surface area contributed by atoms with Crippen molar-refractivity contribution in [3.8, 4) is 11.5 Å². The highest BCUT2D eigenvalue weighted by atomic mass is 79.9. The Morgan fingerprint density at radius 1 is 1.25 bits per heavy atom. The maximum absolute atomic E-state index is 13.9. The molecule has 1 aliphatic heterocycles. The summed E-state index contributed by atoms with van der Waals surface area (Å²) in [7, 11) is 1.51. The zero-order valence-corrected chi connectivity index (χ0v) is 16.9. The molecule has 1 fully saturated rings. The van der Waals surface area contributed by atoms with Gasteiger partial charge in [0, 0.05) is 5.56 Å². The van der Waals surface area contributed by atoms with Gasteiger partial charge in [-0.25, -0.2) is 9.18 Å². The van der Waals surface area contributed by atoms with E-state index in [1.165, 1.54) is 25.3 Å². The van der Waals surface area contributed by atoms with Crippen LogP contribution in [0, 0.1) is 5.82 Å². The monoisotopic (exact) mass is 448 g/mol. The molecule has 8 heteroatoms. The molecule has 1 saturated heterocycles. The summed E-state index contributed by atoms with van der Waals surface area (Å²) in [4.78, 5) is 25.8. The molecule has 1 aliphatic rings. The summed E-state index contributed by atoms with van der Waals surface area (Å²) in [6.45, 7) is 2.18. The largest absolute Gasteiger partial charge is 0.493 e. The van der Waals surface area contributed by atoms with Gasteiger partial charge in [-0.05, 0) is 52.7 Å². The molecule has 0 spiro atoms. The lowest BCUT2D eigenvalue weighted by molar-refractivity contribution is -0.123. The number of carbonyl (C=O) groups excluding carboxylic acids is 2. The molecule has 1 N–H and O–H groups in total. The minimum atomic E-state index is -0.600. The van der Waals surface area contributed by atoms with Crippen LogP contribution in [0.3, 0.4) is 0 Å². The third-order valence-corrected chi connectivity index (χ3v) is 4.69. The van der Waals surface area contributed by atoms with E-state index in [2.05, 4.69) is 21.2 Å². The van der Waals surface area contributed by atoms with E-state index < -0.39 is 17.8 Å². The summed E-state index contributed by atoms with van der Waals surface area (Å²) < 4.78 is 25.4. The minimum absolute atomic E-state index is 0.0967. The number of ether oxygens (including phenoxy) is 2. The van der Waals surface area contributed by atoms with Gasteiger partial charge in [0.05, 0.1) is 24.7 Å². The van der Waals surface area contributed by atoms with Crippen LogP contribution in [0.15, 0.2) is 46.6 Å². The number of benzene rings is 2. The fourth-order valence-electron chi connectivity index (χ4n) is 2.79. The van der Waals surface area contributed by atoms with E-state index in [9.17, 15) is 14.0 Å². The molecule has 0 radical (unpaired) electrons. The second-order valence-electron chi connectivity index (χ2n) is 5.94. The van der Waals surface area contributed by atoms with Crippen LogP contribution in [0.1, 0.15) is 18.1 Å². The summed E-state index contributed by atoms with van der Waals surface area (Å²) in [5.41, 5.74) is 0.987. The van der Waals surface area contributed by atoms with Crippen molar-refractivity contribution in [1.29, 1.82) is 0 Å². The second kappa shape index (κ2) is 8.43. The first-order valence-electron chi connectivity index (χ1n) is 8.52. The number of imide groups is 1. The first-order valence-corrected chi connectivity index (χ1v) is 9.32. The van der Waals surface area contributed by atoms with Gasteiger partial charge in [0.2, 0.25) is 0 Å². The highest BCUT2D eigenvalue weighted by Gasteiger charge is 2.34. The number of amides is 3. The Balaban J connectivity index is 1.87. The number of nitrogens with zero attached hydrogens (tertiary/aromatic N) is 1. The van der Waals surface area contributed by atoms with Crippen LogP contribution in [0.4, 0.5) is 9.18 Å². The molecule has 28 heavy (non-hydrogen) atoms. The Labute approximate surface area is 170 Å². The van der Waals surface area contributed by atoms with Crippen LogP contribution in [0.5, 0.6) is 11.5 Å². The summed E-state index contributed by atoms with van der Waals surface area (Å²) >= 11 is 3.42. The van der Waals surface area contributed by atoms with Gasteiger partial charge in [-0.1, -0.05) is 18.2 Å². The van der Waals surface area contributed by atoms with Gasteiger partial charge >= 0.3 is 6.03 Å². The Hall–Kier alpha value is -2.87. The van der Waals surface area contributed by atoms with Crippen molar-refractivity contribution in [2.75, 3.05) is 13.7 Å². The molecule has 1 heterocycles. The number of nitrogens with one attached hydrogen (secondary N) is 1. The van der Waals surface area contributed by atoms with Crippen LogP contribution < -0.4 is 14.8 Å². The minimum Gasteiger partial charge on any atom is -0.493 e. The van der Waals surface area contributed by atoms with E-state index in [0.717, 1.165) is 4.90 Å². The quantitative estimate of drug-likeness (QED) is 0.533. The van der Waals surface area contributed by atoms with Gasteiger partial charge in [-0.15, -0.1) is 0 Å². The van der Waals surface area contributed by atoms with E-state index >= 15 is 0 Å². The van der Waals surface area contributed by atoms with Crippen molar-refractivity contribution in [1.82, 2.24) is 10.2 Å². The highest BCUT2D eigenvalue weighted by Crippen LogP contribution is 2.37. The summed E-state index contributed by atoms with van der Waals surface area (Å²) in [5.74, 6) is 0.0381. The van der Waals surface area contributed by atoms with Crippen LogP contribution in [0.2, 0.25) is 0 Å². The molecule has 0 unspecified atom stereocenters. The predicted molar refractivity (Wildman–Crippen MR) is 105 cm³/mol. The Morgan fingerprint density at radius 3 is 2.68 bits per heavy atom. The van der Waals surface area contributed by atoms with Crippen LogP contribution in [-0.2, 0) is 11.3 Å². The topological polar surface area (TPSA) is 67.9 Å². The number of methoxy groups -OCH3 is 1. The maximum Gasteiger partial charge on any atom is 0.329 e. The van der Waals surface area contributed by atoms with Crippen LogP contribution in [0.25, 0.3) is 6.08 Å². The Morgan fingerprint density at radius 2 is 2.00 bits per heavy atom. The molecule has 0 aliphatic carbocycles. The van der Waals surface area contributed by atoms with E-state index in [1.54, 1.807) is 24.3 Å². The number of hydrogen-bond donors (Lipinski definition) is 1. The molecule has 0 saturated carbocycles. The van der Waals surface area contributed by atoms with Gasteiger partial charge in [-0.3, -0.25) is 9.69 Å². The molecule has 3 amide bonds. The molecule has 0 bridgehead atoms. The third-order valence-electron chi connectivity index (χ3n) is 4.10. The summed E-state index contributed by atoms with van der Waals surface area (Å²) in [6, 6.07) is 8.86. The lowest BCUT2D eigenvalue weighted by Gasteiger charge is -2.13. The molecule has 3 rings (SSSR count). The number of rotatable bonds is 6. The number of halogens is 2. The zero-order valence-electron chi connectivity index (χ0n) is 15.3. The molecule has 146 valence electrons. The molecular formula is C20H18BrFN2O4. The predicted octanol–water partition coefficient (Wildman–Crippen LogP) is 4.09. The number of carbonyl (C=O) groups is 2. The van der Waals surface area contributed by atoms with E-state index in [4.69, 9.17) is 9.47 Å². The first-order chi connectivity index (χ1) is 13.4. The molecule has 0 atom stereocenters. The van der Waals surface area contributed by atoms with E-state index in [-0.39, 0.29) is 17.8 Å². The molecule has 2 aromatic rings. The van der Waals surface area contributed by atoms with E-state index in [0.29, 0.717) is 28.1 Å². The highest BCUT2D eigenvalue weighted by molar-refractivity contribution is 9.10. The van der Waals surface area contributed by atoms with Gasteiger partial charge < -0.3 is 14.8 Å². The normalized spacial score (nSPS) is 15.1. The molecule has 0 aromatic heterocycles. The summed E-state index contributed by atoms with van der Waals surface area (Å²) in [6.07, 6.45) is 1.53. The molecular weight excluding hydrogens is 431 g/mol. The lowest BCUT2D eigenvalue weighted by atomic mass is 10.1.